The number of hydrogen-bond acceptors (Lipinski definition) is 3. The first-order valence-electron chi connectivity index (χ1n) is 6.59. The van der Waals surface area contributed by atoms with Crippen LogP contribution in [0.15, 0.2) is 24.3 Å². The second-order valence-electron chi connectivity index (χ2n) is 4.95. The van der Waals surface area contributed by atoms with Crippen molar-refractivity contribution in [3.8, 4) is 0 Å². The van der Waals surface area contributed by atoms with Gasteiger partial charge in [0.15, 0.2) is 0 Å². The van der Waals surface area contributed by atoms with E-state index in [1.807, 2.05) is 0 Å². The minimum absolute atomic E-state index is 0.0136. The highest BCUT2D eigenvalue weighted by atomic mass is 19.4. The summed E-state index contributed by atoms with van der Waals surface area (Å²) >= 11 is 0. The van der Waals surface area contributed by atoms with Crippen molar-refractivity contribution in [2.75, 3.05) is 6.61 Å². The van der Waals surface area contributed by atoms with Crippen LogP contribution in [0.2, 0.25) is 0 Å². The van der Waals surface area contributed by atoms with Gasteiger partial charge in [0, 0.05) is 6.42 Å². The number of benzene rings is 1. The lowest BCUT2D eigenvalue weighted by atomic mass is 10.1. The Morgan fingerprint density at radius 2 is 2.05 bits per heavy atom. The molecule has 0 radical (unpaired) electrons. The van der Waals surface area contributed by atoms with Crippen molar-refractivity contribution in [3.63, 3.8) is 0 Å². The number of cyclic esters (lactones) is 1. The SMILES string of the molecule is O=C(O)CCC1COC(=O)N1Cc1ccccc1C(F)(F)F. The maximum Gasteiger partial charge on any atom is 0.416 e. The van der Waals surface area contributed by atoms with Gasteiger partial charge in [-0.1, -0.05) is 18.2 Å². The van der Waals surface area contributed by atoms with E-state index < -0.39 is 29.8 Å². The maximum absolute atomic E-state index is 13.0. The Hall–Kier alpha value is -2.25. The third kappa shape index (κ3) is 3.69. The Morgan fingerprint density at radius 3 is 2.68 bits per heavy atom. The van der Waals surface area contributed by atoms with Crippen LogP contribution in [0.5, 0.6) is 0 Å². The first kappa shape index (κ1) is 16.1. The van der Waals surface area contributed by atoms with Gasteiger partial charge in [0.2, 0.25) is 0 Å². The van der Waals surface area contributed by atoms with Crippen LogP contribution >= 0.6 is 0 Å². The predicted molar refractivity (Wildman–Crippen MR) is 69.0 cm³/mol. The number of carboxylic acid groups (broad SMARTS) is 1. The predicted octanol–water partition coefficient (Wildman–Crippen LogP) is 2.89. The number of carbonyl (C=O) groups excluding carboxylic acids is 1. The molecule has 2 rings (SSSR count). The number of carboxylic acids is 1. The van der Waals surface area contributed by atoms with E-state index in [1.54, 1.807) is 0 Å². The maximum atomic E-state index is 13.0. The molecule has 1 heterocycles. The second-order valence-corrected chi connectivity index (χ2v) is 4.95. The summed E-state index contributed by atoms with van der Waals surface area (Å²) in [6.07, 6.45) is -5.29. The van der Waals surface area contributed by atoms with E-state index in [9.17, 15) is 22.8 Å². The van der Waals surface area contributed by atoms with Crippen LogP contribution in [0.1, 0.15) is 24.0 Å². The number of halogens is 3. The van der Waals surface area contributed by atoms with Crippen molar-refractivity contribution in [2.24, 2.45) is 0 Å². The fourth-order valence-electron chi connectivity index (χ4n) is 2.33. The highest BCUT2D eigenvalue weighted by Crippen LogP contribution is 2.33. The van der Waals surface area contributed by atoms with Gasteiger partial charge in [-0.05, 0) is 18.1 Å². The molecule has 0 aliphatic carbocycles. The molecule has 8 heteroatoms. The summed E-state index contributed by atoms with van der Waals surface area (Å²) < 4.78 is 43.7. The van der Waals surface area contributed by atoms with E-state index in [0.29, 0.717) is 0 Å². The summed E-state index contributed by atoms with van der Waals surface area (Å²) in [5, 5.41) is 8.67. The standard InChI is InChI=1S/C14H14F3NO4/c15-14(16,17)11-4-2-1-3-9(11)7-18-10(5-6-12(19)20)8-22-13(18)21/h1-4,10H,5-8H2,(H,19,20). The van der Waals surface area contributed by atoms with Gasteiger partial charge in [0.25, 0.3) is 0 Å². The quantitative estimate of drug-likeness (QED) is 0.907. The minimum Gasteiger partial charge on any atom is -0.481 e. The zero-order valence-corrected chi connectivity index (χ0v) is 11.5. The zero-order chi connectivity index (χ0) is 16.3. The van der Waals surface area contributed by atoms with Gasteiger partial charge in [0.05, 0.1) is 18.2 Å². The monoisotopic (exact) mass is 317 g/mol. The number of aliphatic carboxylic acids is 1. The molecule has 0 aromatic heterocycles. The van der Waals surface area contributed by atoms with E-state index in [0.717, 1.165) is 11.0 Å². The molecule has 22 heavy (non-hydrogen) atoms. The van der Waals surface area contributed by atoms with Crippen molar-refractivity contribution in [1.82, 2.24) is 4.90 Å². The van der Waals surface area contributed by atoms with E-state index in [1.165, 1.54) is 18.2 Å². The fraction of sp³-hybridized carbons (Fsp3) is 0.429. The molecule has 1 amide bonds. The van der Waals surface area contributed by atoms with Crippen LogP contribution in [-0.4, -0.2) is 34.7 Å². The van der Waals surface area contributed by atoms with E-state index in [2.05, 4.69) is 0 Å². The first-order valence-corrected chi connectivity index (χ1v) is 6.59. The van der Waals surface area contributed by atoms with Crippen LogP contribution in [0.4, 0.5) is 18.0 Å². The molecular formula is C14H14F3NO4. The Bertz CT molecular complexity index is 573. The number of ether oxygens (including phenoxy) is 1. The molecule has 120 valence electrons. The molecule has 5 nitrogen and oxygen atoms in total. The number of nitrogens with zero attached hydrogens (tertiary/aromatic N) is 1. The van der Waals surface area contributed by atoms with Gasteiger partial charge in [0.1, 0.15) is 6.61 Å². The molecule has 1 aromatic rings. The number of carbonyl (C=O) groups is 2. The number of rotatable bonds is 5. The summed E-state index contributed by atoms with van der Waals surface area (Å²) in [6, 6.07) is 4.44. The minimum atomic E-state index is -4.52. The zero-order valence-electron chi connectivity index (χ0n) is 11.5. The summed E-state index contributed by atoms with van der Waals surface area (Å²) in [5.74, 6) is -1.03. The smallest absolute Gasteiger partial charge is 0.416 e. The van der Waals surface area contributed by atoms with Crippen molar-refractivity contribution in [3.05, 3.63) is 35.4 Å². The topological polar surface area (TPSA) is 66.8 Å². The number of hydrogen-bond donors (Lipinski definition) is 1. The molecule has 1 saturated heterocycles. The third-order valence-electron chi connectivity index (χ3n) is 3.43. The van der Waals surface area contributed by atoms with Gasteiger partial charge in [-0.2, -0.15) is 13.2 Å². The van der Waals surface area contributed by atoms with Crippen molar-refractivity contribution in [2.45, 2.75) is 31.6 Å². The van der Waals surface area contributed by atoms with Crippen LogP contribution in [0.25, 0.3) is 0 Å². The van der Waals surface area contributed by atoms with E-state index in [-0.39, 0.29) is 31.6 Å². The average molecular weight is 317 g/mol. The van der Waals surface area contributed by atoms with Gasteiger partial charge in [-0.25, -0.2) is 4.79 Å². The van der Waals surface area contributed by atoms with Crippen LogP contribution in [0, 0.1) is 0 Å². The Balaban J connectivity index is 2.17. The van der Waals surface area contributed by atoms with Crippen LogP contribution in [0.3, 0.4) is 0 Å². The van der Waals surface area contributed by atoms with Crippen LogP contribution in [-0.2, 0) is 22.3 Å². The summed E-state index contributed by atoms with van der Waals surface area (Å²) in [7, 11) is 0. The molecule has 0 bridgehead atoms. The van der Waals surface area contributed by atoms with Gasteiger partial charge < -0.3 is 9.84 Å². The molecule has 1 aromatic carbocycles. The molecule has 1 fully saturated rings. The van der Waals surface area contributed by atoms with E-state index >= 15 is 0 Å². The van der Waals surface area contributed by atoms with Gasteiger partial charge in [-0.3, -0.25) is 9.69 Å². The molecule has 1 aliphatic rings. The Morgan fingerprint density at radius 1 is 1.36 bits per heavy atom. The first-order chi connectivity index (χ1) is 10.3. The third-order valence-corrected chi connectivity index (χ3v) is 3.43. The Kier molecular flexibility index (Phi) is 4.58. The molecule has 1 unspecified atom stereocenters. The average Bonchev–Trinajstić information content (AvgIpc) is 2.77. The molecule has 0 saturated carbocycles. The molecule has 0 spiro atoms. The second kappa shape index (κ2) is 6.25. The summed E-state index contributed by atoms with van der Waals surface area (Å²) in [6.45, 7) is -0.279. The van der Waals surface area contributed by atoms with Crippen molar-refractivity contribution in [1.29, 1.82) is 0 Å². The molecule has 1 atom stereocenters. The van der Waals surface area contributed by atoms with Gasteiger partial charge >= 0.3 is 18.2 Å². The number of alkyl halides is 3. The molecule has 1 N–H and O–H groups in total. The lowest BCUT2D eigenvalue weighted by Gasteiger charge is -2.22. The van der Waals surface area contributed by atoms with Gasteiger partial charge in [-0.15, -0.1) is 0 Å². The van der Waals surface area contributed by atoms with Crippen molar-refractivity contribution >= 4 is 12.1 Å². The normalized spacial score (nSPS) is 18.4. The lowest BCUT2D eigenvalue weighted by molar-refractivity contribution is -0.138. The summed E-state index contributed by atoms with van der Waals surface area (Å²) in [4.78, 5) is 23.4. The van der Waals surface area contributed by atoms with Crippen LogP contribution < -0.4 is 0 Å². The van der Waals surface area contributed by atoms with E-state index in [4.69, 9.17) is 9.84 Å². The highest BCUT2D eigenvalue weighted by Gasteiger charge is 2.37. The highest BCUT2D eigenvalue weighted by molar-refractivity contribution is 5.71. The van der Waals surface area contributed by atoms with Crippen molar-refractivity contribution < 1.29 is 32.6 Å². The summed E-state index contributed by atoms with van der Waals surface area (Å²) in [5.41, 5.74) is -0.860. The largest absolute Gasteiger partial charge is 0.481 e. The molecular weight excluding hydrogens is 303 g/mol. The fourth-order valence-corrected chi connectivity index (χ4v) is 2.33. The number of amides is 1. The molecule has 1 aliphatic heterocycles. The Labute approximate surface area is 124 Å². The lowest BCUT2D eigenvalue weighted by Crippen LogP contribution is -2.34.